The molecule has 0 fully saturated rings. The predicted octanol–water partition coefficient (Wildman–Crippen LogP) is -1.75. The van der Waals surface area contributed by atoms with E-state index in [1.165, 1.54) is 6.92 Å². The molecule has 3 unspecified atom stereocenters. The van der Waals surface area contributed by atoms with Crippen LogP contribution in [0.3, 0.4) is 0 Å². The Morgan fingerprint density at radius 1 is 1.44 bits per heavy atom. The van der Waals surface area contributed by atoms with Crippen LogP contribution in [-0.2, 0) is 0 Å². The summed E-state index contributed by atoms with van der Waals surface area (Å²) in [6, 6.07) is 0. The molecule has 4 nitrogen and oxygen atoms in total. The number of aliphatic hydroxyl groups is 3. The molecule has 0 rings (SSSR count). The van der Waals surface area contributed by atoms with Crippen LogP contribution in [0, 0.1) is 5.92 Å². The number of nitrogens with two attached hydrogens (primary N) is 1. The smallest absolute Gasteiger partial charge is 0.109 e. The number of rotatable bonds is 3. The summed E-state index contributed by atoms with van der Waals surface area (Å²) in [6.07, 6.45) is -1.91. The van der Waals surface area contributed by atoms with Crippen LogP contribution in [0.25, 0.3) is 0 Å². The average Bonchev–Trinajstić information content (AvgIpc) is 1.64. The van der Waals surface area contributed by atoms with Crippen molar-refractivity contribution in [3.05, 3.63) is 0 Å². The Balaban J connectivity index is 3.68. The Kier molecular flexibility index (Phi) is 3.72. The Labute approximate surface area is 53.9 Å². The molecule has 0 amide bonds. The SMILES string of the molecule is CC(O)C(CO)C(N)O. The normalized spacial score (nSPS) is 21.0. The van der Waals surface area contributed by atoms with Gasteiger partial charge in [-0.25, -0.2) is 0 Å². The standard InChI is InChI=1S/C5H13NO3/c1-3(8)4(2-7)5(6)9/h3-5,7-9H,2,6H2,1H3. The largest absolute Gasteiger partial charge is 0.396 e. The van der Waals surface area contributed by atoms with Gasteiger partial charge < -0.3 is 21.1 Å². The summed E-state index contributed by atoms with van der Waals surface area (Å²) in [5, 5.41) is 25.9. The third kappa shape index (κ3) is 2.76. The third-order valence-electron chi connectivity index (χ3n) is 1.27. The fourth-order valence-corrected chi connectivity index (χ4v) is 0.546. The lowest BCUT2D eigenvalue weighted by Crippen LogP contribution is -2.38. The summed E-state index contributed by atoms with van der Waals surface area (Å²) in [6.45, 7) is 1.17. The second-order valence-corrected chi connectivity index (χ2v) is 2.08. The van der Waals surface area contributed by atoms with Gasteiger partial charge in [-0.2, -0.15) is 0 Å². The van der Waals surface area contributed by atoms with Gasteiger partial charge in [-0.1, -0.05) is 0 Å². The van der Waals surface area contributed by atoms with Crippen molar-refractivity contribution >= 4 is 0 Å². The summed E-state index contributed by atoms with van der Waals surface area (Å²) in [5.41, 5.74) is 4.98. The van der Waals surface area contributed by atoms with Crippen molar-refractivity contribution in [1.82, 2.24) is 0 Å². The zero-order valence-corrected chi connectivity index (χ0v) is 5.36. The van der Waals surface area contributed by atoms with Gasteiger partial charge in [0.1, 0.15) is 6.23 Å². The number of hydrogen-bond acceptors (Lipinski definition) is 4. The van der Waals surface area contributed by atoms with E-state index in [9.17, 15) is 0 Å². The summed E-state index contributed by atoms with van der Waals surface area (Å²) in [5.74, 6) is -0.634. The van der Waals surface area contributed by atoms with Crippen LogP contribution in [0.2, 0.25) is 0 Å². The topological polar surface area (TPSA) is 86.7 Å². The van der Waals surface area contributed by atoms with Crippen LogP contribution in [0.1, 0.15) is 6.92 Å². The van der Waals surface area contributed by atoms with E-state index in [0.717, 1.165) is 0 Å². The molecule has 0 bridgehead atoms. The highest BCUT2D eigenvalue weighted by atomic mass is 16.3. The lowest BCUT2D eigenvalue weighted by atomic mass is 10.0. The van der Waals surface area contributed by atoms with Crippen molar-refractivity contribution in [2.75, 3.05) is 6.61 Å². The molecule has 0 aliphatic rings. The molecule has 0 aromatic rings. The molecule has 0 aliphatic carbocycles. The first-order chi connectivity index (χ1) is 4.09. The van der Waals surface area contributed by atoms with Gasteiger partial charge in [0.15, 0.2) is 0 Å². The van der Waals surface area contributed by atoms with E-state index in [-0.39, 0.29) is 6.61 Å². The maximum absolute atomic E-state index is 8.78. The summed E-state index contributed by atoms with van der Waals surface area (Å²) >= 11 is 0. The summed E-state index contributed by atoms with van der Waals surface area (Å²) in [7, 11) is 0. The minimum Gasteiger partial charge on any atom is -0.396 e. The van der Waals surface area contributed by atoms with E-state index >= 15 is 0 Å². The van der Waals surface area contributed by atoms with Gasteiger partial charge in [-0.15, -0.1) is 0 Å². The number of hydrogen-bond donors (Lipinski definition) is 4. The van der Waals surface area contributed by atoms with Crippen LogP contribution in [0.15, 0.2) is 0 Å². The first kappa shape index (κ1) is 8.84. The zero-order valence-electron chi connectivity index (χ0n) is 5.36. The molecule has 5 N–H and O–H groups in total. The average molecular weight is 135 g/mol. The first-order valence-electron chi connectivity index (χ1n) is 2.82. The Bertz CT molecular complexity index is 66.6. The molecule has 4 heteroatoms. The first-order valence-corrected chi connectivity index (χ1v) is 2.82. The molecule has 0 aromatic carbocycles. The fraction of sp³-hybridized carbons (Fsp3) is 1.00. The van der Waals surface area contributed by atoms with Crippen molar-refractivity contribution < 1.29 is 15.3 Å². The van der Waals surface area contributed by atoms with Crippen LogP contribution in [0.4, 0.5) is 0 Å². The van der Waals surface area contributed by atoms with Crippen LogP contribution in [0.5, 0.6) is 0 Å². The molecule has 0 heterocycles. The van der Waals surface area contributed by atoms with E-state index in [4.69, 9.17) is 21.1 Å². The maximum Gasteiger partial charge on any atom is 0.109 e. The van der Waals surface area contributed by atoms with Crippen molar-refractivity contribution in [1.29, 1.82) is 0 Å². The predicted molar refractivity (Wildman–Crippen MR) is 32.5 cm³/mol. The molecule has 0 saturated heterocycles. The molecule has 0 aromatic heterocycles. The van der Waals surface area contributed by atoms with Crippen LogP contribution < -0.4 is 5.73 Å². The maximum atomic E-state index is 8.78. The van der Waals surface area contributed by atoms with E-state index < -0.39 is 18.2 Å². The summed E-state index contributed by atoms with van der Waals surface area (Å²) < 4.78 is 0. The van der Waals surface area contributed by atoms with E-state index in [2.05, 4.69) is 0 Å². The zero-order chi connectivity index (χ0) is 7.44. The molecule has 9 heavy (non-hydrogen) atoms. The van der Waals surface area contributed by atoms with Crippen LogP contribution >= 0.6 is 0 Å². The van der Waals surface area contributed by atoms with Gasteiger partial charge in [0.2, 0.25) is 0 Å². The molecule has 56 valence electrons. The Morgan fingerprint density at radius 3 is 1.89 bits per heavy atom. The quantitative estimate of drug-likeness (QED) is 0.346. The van der Waals surface area contributed by atoms with Crippen LogP contribution in [-0.4, -0.2) is 34.3 Å². The second kappa shape index (κ2) is 3.79. The molecular formula is C5H13NO3. The molecule has 3 atom stereocenters. The Hall–Kier alpha value is -0.160. The van der Waals surface area contributed by atoms with Crippen molar-refractivity contribution in [3.63, 3.8) is 0 Å². The lowest BCUT2D eigenvalue weighted by molar-refractivity contribution is -0.00497. The fourth-order valence-electron chi connectivity index (χ4n) is 0.546. The van der Waals surface area contributed by atoms with Crippen molar-refractivity contribution in [2.24, 2.45) is 11.7 Å². The molecule has 0 aliphatic heterocycles. The van der Waals surface area contributed by atoms with Gasteiger partial charge >= 0.3 is 0 Å². The minimum atomic E-state index is -1.14. The minimum absolute atomic E-state index is 0.296. The molecule has 0 spiro atoms. The third-order valence-corrected chi connectivity index (χ3v) is 1.27. The lowest BCUT2D eigenvalue weighted by Gasteiger charge is -2.19. The Morgan fingerprint density at radius 2 is 1.89 bits per heavy atom. The highest BCUT2D eigenvalue weighted by Gasteiger charge is 2.19. The van der Waals surface area contributed by atoms with Gasteiger partial charge in [-0.05, 0) is 6.92 Å². The summed E-state index contributed by atoms with van der Waals surface area (Å²) in [4.78, 5) is 0. The van der Waals surface area contributed by atoms with Crippen molar-refractivity contribution in [3.8, 4) is 0 Å². The van der Waals surface area contributed by atoms with Gasteiger partial charge in [0, 0.05) is 5.92 Å². The molecule has 0 saturated carbocycles. The van der Waals surface area contributed by atoms with E-state index in [0.29, 0.717) is 0 Å². The highest BCUT2D eigenvalue weighted by Crippen LogP contribution is 2.03. The van der Waals surface area contributed by atoms with E-state index in [1.54, 1.807) is 0 Å². The monoisotopic (exact) mass is 135 g/mol. The van der Waals surface area contributed by atoms with Gasteiger partial charge in [0.05, 0.1) is 12.7 Å². The molecule has 0 radical (unpaired) electrons. The highest BCUT2D eigenvalue weighted by molar-refractivity contribution is 4.67. The van der Waals surface area contributed by atoms with Gasteiger partial charge in [-0.3, -0.25) is 0 Å². The van der Waals surface area contributed by atoms with Crippen molar-refractivity contribution in [2.45, 2.75) is 19.3 Å². The van der Waals surface area contributed by atoms with E-state index in [1.807, 2.05) is 0 Å². The second-order valence-electron chi connectivity index (χ2n) is 2.08. The number of aliphatic hydroxyl groups excluding tert-OH is 3. The van der Waals surface area contributed by atoms with Gasteiger partial charge in [0.25, 0.3) is 0 Å². The molecular weight excluding hydrogens is 122 g/mol.